The van der Waals surface area contributed by atoms with E-state index in [-0.39, 0.29) is 25.7 Å². The fraction of sp³-hybridized carbons (Fsp3) is 0.947. The van der Waals surface area contributed by atoms with Gasteiger partial charge < -0.3 is 33.8 Å². The Balaban J connectivity index is 5.25. The molecule has 0 amide bonds. The van der Waals surface area contributed by atoms with Crippen LogP contribution < -0.4 is 0 Å². The Bertz CT molecular complexity index is 1870. The lowest BCUT2D eigenvalue weighted by Gasteiger charge is -2.21. The maximum absolute atomic E-state index is 13.1. The molecule has 0 fully saturated rings. The normalized spacial score (nSPS) is 15.0. The lowest BCUT2D eigenvalue weighted by atomic mass is 9.99. The van der Waals surface area contributed by atoms with Gasteiger partial charge in [0.15, 0.2) is 12.2 Å². The van der Waals surface area contributed by atoms with Crippen molar-refractivity contribution in [3.63, 3.8) is 0 Å². The Hall–Kier alpha value is -1.94. The monoisotopic (exact) mass is 1400 g/mol. The Kier molecular flexibility index (Phi) is 64.0. The number of carbonyl (C=O) groups is 4. The molecule has 0 saturated carbocycles. The van der Waals surface area contributed by atoms with E-state index in [1.807, 2.05) is 0 Å². The molecule has 5 unspecified atom stereocenters. The van der Waals surface area contributed by atoms with E-state index in [0.717, 1.165) is 114 Å². The highest BCUT2D eigenvalue weighted by Gasteiger charge is 2.30. The Morgan fingerprint density at radius 3 is 0.747 bits per heavy atom. The summed E-state index contributed by atoms with van der Waals surface area (Å²) in [5.74, 6) is 1.02. The smallest absolute Gasteiger partial charge is 0.462 e. The molecule has 0 radical (unpaired) electrons. The Morgan fingerprint density at radius 2 is 0.505 bits per heavy atom. The maximum Gasteiger partial charge on any atom is 0.472 e. The van der Waals surface area contributed by atoms with Crippen LogP contribution in [0, 0.1) is 23.7 Å². The van der Waals surface area contributed by atoms with Gasteiger partial charge in [0.25, 0.3) is 0 Å². The number of rotatable bonds is 73. The van der Waals surface area contributed by atoms with Crippen molar-refractivity contribution in [3.05, 3.63) is 0 Å². The van der Waals surface area contributed by atoms with E-state index in [9.17, 15) is 43.2 Å². The van der Waals surface area contributed by atoms with Gasteiger partial charge in [0.05, 0.1) is 26.4 Å². The summed E-state index contributed by atoms with van der Waals surface area (Å²) in [6.45, 7) is 14.2. The third-order valence-electron chi connectivity index (χ3n) is 18.7. The average Bonchev–Trinajstić information content (AvgIpc) is 1.84. The van der Waals surface area contributed by atoms with E-state index < -0.39 is 97.5 Å². The number of carbonyl (C=O) groups excluding carboxylic acids is 4. The highest BCUT2D eigenvalue weighted by Crippen LogP contribution is 2.45. The van der Waals surface area contributed by atoms with E-state index in [0.29, 0.717) is 31.6 Å². The number of ether oxygens (including phenoxy) is 4. The van der Waals surface area contributed by atoms with Crippen molar-refractivity contribution in [2.45, 2.75) is 401 Å². The number of unbranched alkanes of at least 4 members (excludes halogenated alkanes) is 36. The molecule has 0 aromatic heterocycles. The predicted octanol–water partition coefficient (Wildman–Crippen LogP) is 22.0. The van der Waals surface area contributed by atoms with E-state index in [4.69, 9.17) is 37.0 Å². The molecular weight excluding hydrogens is 1250 g/mol. The Labute approximate surface area is 581 Å². The molecule has 0 aliphatic rings. The van der Waals surface area contributed by atoms with Gasteiger partial charge in [0.1, 0.15) is 19.3 Å². The zero-order valence-corrected chi connectivity index (χ0v) is 64.1. The van der Waals surface area contributed by atoms with Crippen LogP contribution in [0.4, 0.5) is 0 Å². The number of aliphatic hydroxyl groups is 1. The topological polar surface area (TPSA) is 237 Å². The molecule has 0 saturated heterocycles. The van der Waals surface area contributed by atoms with Crippen LogP contribution in [-0.2, 0) is 65.4 Å². The molecule has 564 valence electrons. The minimum absolute atomic E-state index is 0.105. The third kappa shape index (κ3) is 66.4. The highest BCUT2D eigenvalue weighted by molar-refractivity contribution is 7.47. The first-order chi connectivity index (χ1) is 45.7. The lowest BCUT2D eigenvalue weighted by molar-refractivity contribution is -0.161. The molecule has 0 aromatic carbocycles. The third-order valence-corrected chi connectivity index (χ3v) is 20.6. The first kappa shape index (κ1) is 93.1. The van der Waals surface area contributed by atoms with Crippen molar-refractivity contribution in [1.29, 1.82) is 0 Å². The second-order valence-electron chi connectivity index (χ2n) is 28.6. The van der Waals surface area contributed by atoms with Crippen LogP contribution >= 0.6 is 15.6 Å². The molecule has 0 rings (SSSR count). The summed E-state index contributed by atoms with van der Waals surface area (Å²) >= 11 is 0. The second kappa shape index (κ2) is 65.4. The van der Waals surface area contributed by atoms with Crippen molar-refractivity contribution in [3.8, 4) is 0 Å². The van der Waals surface area contributed by atoms with Gasteiger partial charge in [-0.15, -0.1) is 0 Å². The summed E-state index contributed by atoms with van der Waals surface area (Å²) in [4.78, 5) is 72.8. The maximum atomic E-state index is 13.1. The number of phosphoric ester groups is 2. The molecule has 95 heavy (non-hydrogen) atoms. The summed E-state index contributed by atoms with van der Waals surface area (Å²) < 4.78 is 68.5. The lowest BCUT2D eigenvalue weighted by Crippen LogP contribution is -2.30. The summed E-state index contributed by atoms with van der Waals surface area (Å²) in [6.07, 6.45) is 49.9. The summed E-state index contributed by atoms with van der Waals surface area (Å²) in [6, 6.07) is 0. The van der Waals surface area contributed by atoms with Crippen molar-refractivity contribution in [2.75, 3.05) is 39.6 Å². The van der Waals surface area contributed by atoms with Crippen LogP contribution in [0.15, 0.2) is 0 Å². The van der Waals surface area contributed by atoms with Gasteiger partial charge in [-0.1, -0.05) is 331 Å². The van der Waals surface area contributed by atoms with Crippen LogP contribution in [0.25, 0.3) is 0 Å². The number of hydrogen-bond donors (Lipinski definition) is 3. The first-order valence-electron chi connectivity index (χ1n) is 39.3. The molecule has 3 N–H and O–H groups in total. The molecule has 8 atom stereocenters. The van der Waals surface area contributed by atoms with Gasteiger partial charge in [-0.2, -0.15) is 0 Å². The van der Waals surface area contributed by atoms with Crippen LogP contribution in [0.5, 0.6) is 0 Å². The minimum atomic E-state index is -4.96. The van der Waals surface area contributed by atoms with Crippen LogP contribution in [-0.4, -0.2) is 96.7 Å². The number of esters is 4. The fourth-order valence-electron chi connectivity index (χ4n) is 11.5. The predicted molar refractivity (Wildman–Crippen MR) is 386 cm³/mol. The molecule has 0 bridgehead atoms. The zero-order valence-electron chi connectivity index (χ0n) is 62.3. The van der Waals surface area contributed by atoms with Crippen LogP contribution in [0.1, 0.15) is 383 Å². The zero-order chi connectivity index (χ0) is 70.3. The fourth-order valence-corrected chi connectivity index (χ4v) is 13.0. The average molecular weight is 1400 g/mol. The summed E-state index contributed by atoms with van der Waals surface area (Å²) in [5, 5.41) is 10.6. The molecule has 19 heteroatoms. The van der Waals surface area contributed by atoms with E-state index in [1.165, 1.54) is 180 Å². The standard InChI is InChI=1S/C76H148O17P2/c1-9-67(6)53-45-37-28-22-16-14-12-13-15-17-26-32-42-50-58-75(80)92-71(62-86-73(78)56-48-40-31-25-20-18-23-29-38-46-54-68(7)10-2)64-90-94(82,83)88-60-70(77)61-89-95(84,85)91-65-72(63-87-74(79)57-49-41-35-34-36-44-52-66(4)5)93-76(81)59-51-43-33-27-21-19-24-30-39-47-55-69(8)11-3/h66-72,77H,9-65H2,1-8H3,(H,82,83)(H,84,85)/t67?,68?,69?,70-,71-,72-/m1/s1. The molecule has 0 spiro atoms. The SMILES string of the molecule is CCC(C)CCCCCCCCCCCCCCCCC(=O)O[C@H](COC(=O)CCCCCCCCCCCCC(C)CC)COP(=O)(O)OC[C@@H](O)COP(=O)(O)OC[C@@H](COC(=O)CCCCCCCCC(C)C)OC(=O)CCCCCCCCCCCCC(C)CC. The van der Waals surface area contributed by atoms with Crippen molar-refractivity contribution >= 4 is 39.5 Å². The second-order valence-corrected chi connectivity index (χ2v) is 31.5. The quantitative estimate of drug-likeness (QED) is 0.0222. The van der Waals surface area contributed by atoms with Gasteiger partial charge in [-0.05, 0) is 49.4 Å². The van der Waals surface area contributed by atoms with Gasteiger partial charge in [-0.25, -0.2) is 9.13 Å². The minimum Gasteiger partial charge on any atom is -0.462 e. The van der Waals surface area contributed by atoms with Crippen LogP contribution in [0.2, 0.25) is 0 Å². The molecule has 0 aromatic rings. The summed E-state index contributed by atoms with van der Waals surface area (Å²) in [7, 11) is -9.91. The molecule has 17 nitrogen and oxygen atoms in total. The van der Waals surface area contributed by atoms with Gasteiger partial charge in [0, 0.05) is 25.7 Å². The van der Waals surface area contributed by atoms with Gasteiger partial charge >= 0.3 is 39.5 Å². The van der Waals surface area contributed by atoms with E-state index >= 15 is 0 Å². The largest absolute Gasteiger partial charge is 0.472 e. The van der Waals surface area contributed by atoms with Crippen molar-refractivity contribution in [2.24, 2.45) is 23.7 Å². The Morgan fingerprint density at radius 1 is 0.295 bits per heavy atom. The van der Waals surface area contributed by atoms with Gasteiger partial charge in [0.2, 0.25) is 0 Å². The molecule has 0 aliphatic carbocycles. The van der Waals surface area contributed by atoms with E-state index in [2.05, 4.69) is 55.4 Å². The summed E-state index contributed by atoms with van der Waals surface area (Å²) in [5.41, 5.74) is 0. The highest BCUT2D eigenvalue weighted by atomic mass is 31.2. The van der Waals surface area contributed by atoms with E-state index in [1.54, 1.807) is 0 Å². The number of hydrogen-bond acceptors (Lipinski definition) is 15. The molecule has 0 heterocycles. The number of phosphoric acid groups is 2. The first-order valence-corrected chi connectivity index (χ1v) is 42.3. The van der Waals surface area contributed by atoms with Crippen molar-refractivity contribution < 1.29 is 80.2 Å². The van der Waals surface area contributed by atoms with Crippen molar-refractivity contribution in [1.82, 2.24) is 0 Å². The van der Waals surface area contributed by atoms with Gasteiger partial charge in [-0.3, -0.25) is 37.3 Å². The van der Waals surface area contributed by atoms with Crippen LogP contribution in [0.3, 0.4) is 0 Å². The molecule has 0 aliphatic heterocycles. The number of aliphatic hydroxyl groups excluding tert-OH is 1. The molecular formula is C76H148O17P2.